The molecule has 0 spiro atoms. The molecule has 0 saturated carbocycles. The second-order valence-electron chi connectivity index (χ2n) is 3.96. The number of hydrogen-bond acceptors (Lipinski definition) is 2. The summed E-state index contributed by atoms with van der Waals surface area (Å²) in [7, 11) is 1.86. The first-order chi connectivity index (χ1) is 9.10. The van der Waals surface area contributed by atoms with Gasteiger partial charge in [0.05, 0.1) is 4.47 Å². The van der Waals surface area contributed by atoms with Crippen LogP contribution in [0.15, 0.2) is 45.3 Å². The highest BCUT2D eigenvalue weighted by atomic mass is 79.9. The molecule has 0 radical (unpaired) electrons. The highest BCUT2D eigenvalue weighted by Crippen LogP contribution is 2.33. The molecule has 0 amide bonds. The summed E-state index contributed by atoms with van der Waals surface area (Å²) in [6, 6.07) is 10.1. The van der Waals surface area contributed by atoms with Crippen molar-refractivity contribution < 1.29 is 9.13 Å². The van der Waals surface area contributed by atoms with E-state index in [1.165, 1.54) is 12.1 Å². The van der Waals surface area contributed by atoms with Crippen molar-refractivity contribution >= 4 is 31.9 Å². The highest BCUT2D eigenvalue weighted by Gasteiger charge is 2.09. The Labute approximate surface area is 128 Å². The Morgan fingerprint density at radius 1 is 1.11 bits per heavy atom. The molecule has 2 aromatic rings. The van der Waals surface area contributed by atoms with Crippen molar-refractivity contribution in [2.75, 3.05) is 7.05 Å². The lowest BCUT2D eigenvalue weighted by Crippen LogP contribution is -2.06. The highest BCUT2D eigenvalue weighted by molar-refractivity contribution is 9.10. The van der Waals surface area contributed by atoms with Gasteiger partial charge in [-0.2, -0.15) is 0 Å². The number of nitrogens with one attached hydrogen (secondary N) is 1. The average molecular weight is 389 g/mol. The van der Waals surface area contributed by atoms with Crippen LogP contribution in [0.1, 0.15) is 5.56 Å². The molecule has 0 unspecified atom stereocenters. The third-order valence-electron chi connectivity index (χ3n) is 2.50. The predicted molar refractivity (Wildman–Crippen MR) is 81.1 cm³/mol. The van der Waals surface area contributed by atoms with Gasteiger partial charge < -0.3 is 10.1 Å². The molecule has 0 atom stereocenters. The molecule has 0 aromatic heterocycles. The third kappa shape index (κ3) is 3.78. The van der Waals surface area contributed by atoms with Crippen molar-refractivity contribution in [3.05, 3.63) is 56.7 Å². The zero-order valence-corrected chi connectivity index (χ0v) is 13.4. The Balaban J connectivity index is 2.34. The van der Waals surface area contributed by atoms with Crippen molar-refractivity contribution in [3.8, 4) is 11.5 Å². The summed E-state index contributed by atoms with van der Waals surface area (Å²) in [5, 5.41) is 3.08. The van der Waals surface area contributed by atoms with Crippen LogP contribution in [0.2, 0.25) is 0 Å². The topological polar surface area (TPSA) is 21.3 Å². The smallest absolute Gasteiger partial charge is 0.144 e. The SMILES string of the molecule is CNCc1cc(Br)ccc1Oc1cc(F)ccc1Br. The van der Waals surface area contributed by atoms with E-state index in [-0.39, 0.29) is 5.82 Å². The number of rotatable bonds is 4. The van der Waals surface area contributed by atoms with Crippen LogP contribution in [0.3, 0.4) is 0 Å². The summed E-state index contributed by atoms with van der Waals surface area (Å²) in [6.07, 6.45) is 0. The van der Waals surface area contributed by atoms with Gasteiger partial charge in [0.15, 0.2) is 0 Å². The van der Waals surface area contributed by atoms with E-state index in [0.29, 0.717) is 22.5 Å². The minimum absolute atomic E-state index is 0.328. The summed E-state index contributed by atoms with van der Waals surface area (Å²) < 4.78 is 20.7. The van der Waals surface area contributed by atoms with Gasteiger partial charge in [-0.15, -0.1) is 0 Å². The van der Waals surface area contributed by atoms with Gasteiger partial charge in [0, 0.05) is 22.6 Å². The molecular formula is C14H12Br2FNO. The Bertz CT molecular complexity index is 590. The predicted octanol–water partition coefficient (Wildman–Crippen LogP) is 4.86. The van der Waals surface area contributed by atoms with Crippen LogP contribution in [0, 0.1) is 5.82 Å². The maximum absolute atomic E-state index is 13.2. The fraction of sp³-hybridized carbons (Fsp3) is 0.143. The molecule has 2 aromatic carbocycles. The lowest BCUT2D eigenvalue weighted by atomic mass is 10.2. The molecule has 2 rings (SSSR count). The van der Waals surface area contributed by atoms with Crippen LogP contribution < -0.4 is 10.1 Å². The van der Waals surface area contributed by atoms with Crippen molar-refractivity contribution in [2.24, 2.45) is 0 Å². The average Bonchev–Trinajstić information content (AvgIpc) is 2.37. The number of ether oxygens (including phenoxy) is 1. The van der Waals surface area contributed by atoms with Crippen LogP contribution in [-0.4, -0.2) is 7.05 Å². The normalized spacial score (nSPS) is 10.5. The number of benzene rings is 2. The van der Waals surface area contributed by atoms with Gasteiger partial charge in [0.2, 0.25) is 0 Å². The largest absolute Gasteiger partial charge is 0.456 e. The number of hydrogen-bond donors (Lipinski definition) is 1. The molecule has 19 heavy (non-hydrogen) atoms. The van der Waals surface area contributed by atoms with Crippen LogP contribution >= 0.6 is 31.9 Å². The molecule has 0 bridgehead atoms. The molecule has 0 saturated heterocycles. The van der Waals surface area contributed by atoms with E-state index < -0.39 is 0 Å². The van der Waals surface area contributed by atoms with Crippen LogP contribution in [0.25, 0.3) is 0 Å². The molecule has 0 aliphatic carbocycles. The van der Waals surface area contributed by atoms with Crippen molar-refractivity contribution in [1.29, 1.82) is 0 Å². The van der Waals surface area contributed by atoms with Gasteiger partial charge in [-0.25, -0.2) is 4.39 Å². The Kier molecular flexibility index (Phi) is 4.96. The van der Waals surface area contributed by atoms with Crippen LogP contribution in [-0.2, 0) is 6.54 Å². The second-order valence-corrected chi connectivity index (χ2v) is 5.73. The van der Waals surface area contributed by atoms with Crippen LogP contribution in [0.5, 0.6) is 11.5 Å². The monoisotopic (exact) mass is 387 g/mol. The standard InChI is InChI=1S/C14H12Br2FNO/c1-18-8-9-6-10(15)2-5-13(9)19-14-7-11(17)3-4-12(14)16/h2-7,18H,8H2,1H3. The summed E-state index contributed by atoms with van der Waals surface area (Å²) in [5.41, 5.74) is 0.994. The fourth-order valence-electron chi connectivity index (χ4n) is 1.65. The van der Waals surface area contributed by atoms with Gasteiger partial charge in [0.1, 0.15) is 17.3 Å². The maximum atomic E-state index is 13.2. The van der Waals surface area contributed by atoms with E-state index in [0.717, 1.165) is 10.0 Å². The molecule has 0 heterocycles. The summed E-state index contributed by atoms with van der Waals surface area (Å²) >= 11 is 6.77. The van der Waals surface area contributed by atoms with Gasteiger partial charge in [0.25, 0.3) is 0 Å². The van der Waals surface area contributed by atoms with Gasteiger partial charge in [-0.1, -0.05) is 15.9 Å². The Morgan fingerprint density at radius 2 is 1.89 bits per heavy atom. The number of halogens is 3. The molecule has 0 aliphatic heterocycles. The summed E-state index contributed by atoms with van der Waals surface area (Å²) in [6.45, 7) is 0.668. The van der Waals surface area contributed by atoms with E-state index in [2.05, 4.69) is 37.2 Å². The third-order valence-corrected chi connectivity index (χ3v) is 3.65. The first-order valence-corrected chi connectivity index (χ1v) is 7.24. The molecule has 2 nitrogen and oxygen atoms in total. The molecule has 100 valence electrons. The van der Waals surface area contributed by atoms with Crippen molar-refractivity contribution in [1.82, 2.24) is 5.32 Å². The minimum Gasteiger partial charge on any atom is -0.456 e. The lowest BCUT2D eigenvalue weighted by molar-refractivity contribution is 0.466. The van der Waals surface area contributed by atoms with Crippen molar-refractivity contribution in [3.63, 3.8) is 0 Å². The minimum atomic E-state index is -0.328. The van der Waals surface area contributed by atoms with E-state index >= 15 is 0 Å². The van der Waals surface area contributed by atoms with Crippen LogP contribution in [0.4, 0.5) is 4.39 Å². The zero-order chi connectivity index (χ0) is 13.8. The van der Waals surface area contributed by atoms with E-state index in [1.807, 2.05) is 25.2 Å². The lowest BCUT2D eigenvalue weighted by Gasteiger charge is -2.12. The first-order valence-electron chi connectivity index (χ1n) is 5.66. The zero-order valence-electron chi connectivity index (χ0n) is 10.2. The molecule has 0 fully saturated rings. The van der Waals surface area contributed by atoms with Gasteiger partial charge in [-0.3, -0.25) is 0 Å². The second kappa shape index (κ2) is 6.50. The van der Waals surface area contributed by atoms with E-state index in [4.69, 9.17) is 4.74 Å². The quantitative estimate of drug-likeness (QED) is 0.807. The molecule has 0 aliphatic rings. The van der Waals surface area contributed by atoms with Gasteiger partial charge in [-0.05, 0) is 53.3 Å². The molecule has 1 N–H and O–H groups in total. The summed E-state index contributed by atoms with van der Waals surface area (Å²) in [5.74, 6) is 0.828. The van der Waals surface area contributed by atoms with Gasteiger partial charge >= 0.3 is 0 Å². The van der Waals surface area contributed by atoms with E-state index in [1.54, 1.807) is 6.07 Å². The maximum Gasteiger partial charge on any atom is 0.144 e. The first kappa shape index (κ1) is 14.5. The fourth-order valence-corrected chi connectivity index (χ4v) is 2.39. The molecule has 5 heteroatoms. The van der Waals surface area contributed by atoms with E-state index in [9.17, 15) is 4.39 Å². The van der Waals surface area contributed by atoms with Crippen molar-refractivity contribution in [2.45, 2.75) is 6.54 Å². The Hall–Kier alpha value is -0.910. The Morgan fingerprint density at radius 3 is 2.63 bits per heavy atom. The summed E-state index contributed by atoms with van der Waals surface area (Å²) in [4.78, 5) is 0. The molecular weight excluding hydrogens is 377 g/mol.